The first-order chi connectivity index (χ1) is 10.1. The van der Waals surface area contributed by atoms with Crippen LogP contribution in [0, 0.1) is 0 Å². The molecule has 110 valence electrons. The third-order valence-corrected chi connectivity index (χ3v) is 3.83. The Balaban J connectivity index is 0.00000242. The molecule has 5 heteroatoms. The van der Waals surface area contributed by atoms with Crippen molar-refractivity contribution in [2.45, 2.75) is 26.7 Å². The molecule has 0 saturated heterocycles. The van der Waals surface area contributed by atoms with Crippen molar-refractivity contribution in [3.05, 3.63) is 57.1 Å². The molecule has 2 nitrogen and oxygen atoms in total. The number of hydrogen-bond acceptors (Lipinski definition) is 2. The van der Waals surface area contributed by atoms with E-state index in [0.717, 1.165) is 29.7 Å². The Morgan fingerprint density at radius 1 is 1.09 bits per heavy atom. The fourth-order valence-electron chi connectivity index (χ4n) is 2.19. The van der Waals surface area contributed by atoms with E-state index in [-0.39, 0.29) is 40.3 Å². The summed E-state index contributed by atoms with van der Waals surface area (Å²) in [5.74, 6) is -0.253. The molecule has 0 heterocycles. The fraction of sp³-hybridized carbons (Fsp3) is 0.235. The molecule has 0 fully saturated rings. The van der Waals surface area contributed by atoms with Gasteiger partial charge in [0, 0.05) is 16.3 Å². The van der Waals surface area contributed by atoms with Gasteiger partial charge in [0.15, 0.2) is 0 Å². The minimum atomic E-state index is -0.253. The maximum Gasteiger partial charge on any atom is 1.00 e. The summed E-state index contributed by atoms with van der Waals surface area (Å²) < 4.78 is 0. The average Bonchev–Trinajstić information content (AvgIpc) is 2.48. The summed E-state index contributed by atoms with van der Waals surface area (Å²) in [5, 5.41) is 12.5. The van der Waals surface area contributed by atoms with Gasteiger partial charge in [-0.2, -0.15) is 0 Å². The van der Waals surface area contributed by atoms with E-state index in [4.69, 9.17) is 23.2 Å². The van der Waals surface area contributed by atoms with Crippen LogP contribution >= 0.6 is 23.2 Å². The first kappa shape index (κ1) is 19.5. The van der Waals surface area contributed by atoms with Gasteiger partial charge in [0.05, 0.1) is 5.69 Å². The Bertz CT molecular complexity index is 664. The summed E-state index contributed by atoms with van der Waals surface area (Å²) in [4.78, 5) is 4.52. The van der Waals surface area contributed by atoms with Crippen LogP contribution in [0.5, 0.6) is 5.75 Å². The van der Waals surface area contributed by atoms with Crippen molar-refractivity contribution in [3.63, 3.8) is 0 Å². The van der Waals surface area contributed by atoms with Crippen molar-refractivity contribution in [2.24, 2.45) is 4.99 Å². The number of benzene rings is 2. The zero-order valence-corrected chi connectivity index (χ0v) is 16.5. The Morgan fingerprint density at radius 3 is 2.23 bits per heavy atom. The molecule has 0 radical (unpaired) electrons. The van der Waals surface area contributed by atoms with Crippen LogP contribution < -0.4 is 34.7 Å². The largest absolute Gasteiger partial charge is 1.00 e. The predicted molar refractivity (Wildman–Crippen MR) is 88.4 cm³/mol. The minimum absolute atomic E-state index is 0. The van der Waals surface area contributed by atoms with Crippen molar-refractivity contribution < 1.29 is 34.7 Å². The van der Waals surface area contributed by atoms with Gasteiger partial charge in [-0.05, 0) is 41.7 Å². The summed E-state index contributed by atoms with van der Waals surface area (Å²) in [6, 6.07) is 9.16. The molecule has 2 aromatic carbocycles. The number of rotatable bonds is 4. The van der Waals surface area contributed by atoms with Gasteiger partial charge in [-0.25, -0.2) is 0 Å². The van der Waals surface area contributed by atoms with Gasteiger partial charge in [0.1, 0.15) is 0 Å². The smallest absolute Gasteiger partial charge is 0.871 e. The second-order valence-corrected chi connectivity index (χ2v) is 5.54. The van der Waals surface area contributed by atoms with Crippen LogP contribution in [-0.2, 0) is 12.8 Å². The van der Waals surface area contributed by atoms with E-state index in [2.05, 4.69) is 31.0 Å². The van der Waals surface area contributed by atoms with Crippen molar-refractivity contribution in [1.29, 1.82) is 0 Å². The predicted octanol–water partition coefficient (Wildman–Crippen LogP) is 1.95. The maximum atomic E-state index is 12.0. The molecular formula is C17H16Cl2NNaO. The standard InChI is InChI=1S/C17H17Cl2NO.Na/c1-3-11-6-5-7-12(4-2)16(11)20-10-13-8-14(18)9-15(19)17(13)21;/h5-10,21H,3-4H2,1-2H3;/q;+1/p-1. The molecule has 0 aliphatic carbocycles. The van der Waals surface area contributed by atoms with Gasteiger partial charge in [0.2, 0.25) is 0 Å². The van der Waals surface area contributed by atoms with Crippen LogP contribution in [0.4, 0.5) is 5.69 Å². The monoisotopic (exact) mass is 343 g/mol. The molecular weight excluding hydrogens is 328 g/mol. The second-order valence-electron chi connectivity index (χ2n) is 4.70. The van der Waals surface area contributed by atoms with E-state index in [9.17, 15) is 5.11 Å². The van der Waals surface area contributed by atoms with Crippen LogP contribution in [-0.4, -0.2) is 6.21 Å². The van der Waals surface area contributed by atoms with Crippen LogP contribution in [0.1, 0.15) is 30.5 Å². The summed E-state index contributed by atoms with van der Waals surface area (Å²) in [7, 11) is 0. The molecule has 0 unspecified atom stereocenters. The van der Waals surface area contributed by atoms with E-state index in [1.165, 1.54) is 6.07 Å². The van der Waals surface area contributed by atoms with Gasteiger partial charge in [0.25, 0.3) is 0 Å². The molecule has 0 saturated carbocycles. The Labute approximate surface area is 163 Å². The van der Waals surface area contributed by atoms with Crippen molar-refractivity contribution in [1.82, 2.24) is 0 Å². The van der Waals surface area contributed by atoms with Crippen molar-refractivity contribution in [2.75, 3.05) is 0 Å². The fourth-order valence-corrected chi connectivity index (χ4v) is 2.70. The summed E-state index contributed by atoms with van der Waals surface area (Å²) in [6.07, 6.45) is 3.33. The third-order valence-electron chi connectivity index (χ3n) is 3.33. The van der Waals surface area contributed by atoms with E-state index in [0.29, 0.717) is 10.6 Å². The molecule has 2 aromatic rings. The first-order valence-electron chi connectivity index (χ1n) is 6.87. The van der Waals surface area contributed by atoms with E-state index >= 15 is 0 Å². The number of para-hydroxylation sites is 1. The van der Waals surface area contributed by atoms with Crippen LogP contribution in [0.2, 0.25) is 10.0 Å². The average molecular weight is 344 g/mol. The molecule has 0 spiro atoms. The molecule has 22 heavy (non-hydrogen) atoms. The minimum Gasteiger partial charge on any atom is -0.871 e. The molecule has 0 atom stereocenters. The molecule has 0 bridgehead atoms. The van der Waals surface area contributed by atoms with Crippen LogP contribution in [0.25, 0.3) is 0 Å². The molecule has 0 aromatic heterocycles. The van der Waals surface area contributed by atoms with Gasteiger partial charge >= 0.3 is 29.6 Å². The molecule has 2 rings (SSSR count). The van der Waals surface area contributed by atoms with E-state index in [1.807, 2.05) is 6.07 Å². The number of aryl methyl sites for hydroxylation is 2. The van der Waals surface area contributed by atoms with Gasteiger partial charge < -0.3 is 5.11 Å². The van der Waals surface area contributed by atoms with Crippen molar-refractivity contribution in [3.8, 4) is 5.75 Å². The zero-order chi connectivity index (χ0) is 15.4. The number of halogens is 2. The normalized spacial score (nSPS) is 10.7. The van der Waals surface area contributed by atoms with Gasteiger partial charge in [-0.15, -0.1) is 0 Å². The zero-order valence-electron chi connectivity index (χ0n) is 13.0. The Morgan fingerprint density at radius 2 is 1.68 bits per heavy atom. The van der Waals surface area contributed by atoms with Crippen LogP contribution in [0.3, 0.4) is 0 Å². The van der Waals surface area contributed by atoms with E-state index in [1.54, 1.807) is 12.3 Å². The van der Waals surface area contributed by atoms with Crippen molar-refractivity contribution >= 4 is 35.1 Å². The molecule has 0 amide bonds. The number of aliphatic imine (C=N–C) groups is 1. The molecule has 0 N–H and O–H groups in total. The van der Waals surface area contributed by atoms with Crippen LogP contribution in [0.15, 0.2) is 35.3 Å². The maximum absolute atomic E-state index is 12.0. The summed E-state index contributed by atoms with van der Waals surface area (Å²) in [6.45, 7) is 4.17. The third kappa shape index (κ3) is 4.50. The number of nitrogens with zero attached hydrogens (tertiary/aromatic N) is 1. The molecule has 0 aliphatic heterocycles. The molecule has 0 aliphatic rings. The first-order valence-corrected chi connectivity index (χ1v) is 7.63. The second kappa shape index (κ2) is 8.95. The van der Waals surface area contributed by atoms with Gasteiger partial charge in [-0.3, -0.25) is 4.99 Å². The SMILES string of the molecule is CCc1cccc(CC)c1N=Cc1cc(Cl)cc(Cl)c1[O-].[Na+]. The summed E-state index contributed by atoms with van der Waals surface area (Å²) in [5.41, 5.74) is 3.65. The van der Waals surface area contributed by atoms with Gasteiger partial charge in [-0.1, -0.05) is 61.0 Å². The quantitative estimate of drug-likeness (QED) is 0.617. The topological polar surface area (TPSA) is 35.4 Å². The number of hydrogen-bond donors (Lipinski definition) is 0. The van der Waals surface area contributed by atoms with E-state index < -0.39 is 0 Å². The Kier molecular flexibility index (Phi) is 7.95. The summed E-state index contributed by atoms with van der Waals surface area (Å²) >= 11 is 11.8. The Hall–Kier alpha value is -0.510.